The molecule has 34 heavy (non-hydrogen) atoms. The van der Waals surface area contributed by atoms with Gasteiger partial charge in [0.1, 0.15) is 10.7 Å². The van der Waals surface area contributed by atoms with Gasteiger partial charge in [-0.3, -0.25) is 9.52 Å². The molecule has 0 atom stereocenters. The van der Waals surface area contributed by atoms with E-state index in [0.717, 1.165) is 30.4 Å². The molecule has 176 valence electrons. The third kappa shape index (κ3) is 4.44. The number of carbonyl (C=O) groups is 1. The molecule has 1 aromatic heterocycles. The topological polar surface area (TPSA) is 105 Å². The van der Waals surface area contributed by atoms with Gasteiger partial charge in [-0.25, -0.2) is 22.8 Å². The minimum atomic E-state index is -4.09. The summed E-state index contributed by atoms with van der Waals surface area (Å²) in [5, 5.41) is 0. The molecule has 3 aromatic rings. The zero-order chi connectivity index (χ0) is 23.7. The smallest absolute Gasteiger partial charge is 0.264 e. The number of aromatic nitrogens is 2. The number of amides is 1. The third-order valence-electron chi connectivity index (χ3n) is 5.73. The van der Waals surface area contributed by atoms with E-state index in [2.05, 4.69) is 19.6 Å². The molecule has 0 bridgehead atoms. The lowest BCUT2D eigenvalue weighted by atomic mass is 10.2. The van der Waals surface area contributed by atoms with Crippen LogP contribution in [-0.2, 0) is 27.8 Å². The molecular formula is C23H22FN5O4S. The molecule has 11 heteroatoms. The fourth-order valence-corrected chi connectivity index (χ4v) is 5.08. The predicted octanol–water partition coefficient (Wildman–Crippen LogP) is 2.41. The van der Waals surface area contributed by atoms with Crippen LogP contribution in [0.4, 0.5) is 16.0 Å². The number of anilines is 2. The molecule has 2 aliphatic rings. The van der Waals surface area contributed by atoms with E-state index < -0.39 is 20.7 Å². The number of hydrogen-bond acceptors (Lipinski definition) is 7. The molecular weight excluding hydrogens is 461 g/mol. The second-order valence-electron chi connectivity index (χ2n) is 8.02. The van der Waals surface area contributed by atoms with Gasteiger partial charge in [-0.05, 0) is 36.4 Å². The first-order valence-corrected chi connectivity index (χ1v) is 12.2. The van der Waals surface area contributed by atoms with Crippen molar-refractivity contribution in [3.63, 3.8) is 0 Å². The van der Waals surface area contributed by atoms with Gasteiger partial charge >= 0.3 is 0 Å². The number of fused-ring (bicyclic) bond motifs is 1. The Kier molecular flexibility index (Phi) is 5.88. The van der Waals surface area contributed by atoms with Crippen molar-refractivity contribution in [2.45, 2.75) is 18.0 Å². The van der Waals surface area contributed by atoms with Crippen molar-refractivity contribution in [3.05, 3.63) is 77.4 Å². The Labute approximate surface area is 196 Å². The number of carbonyl (C=O) groups excluding carboxylic acids is 1. The summed E-state index contributed by atoms with van der Waals surface area (Å²) in [6, 6.07) is 11.2. The third-order valence-corrected chi connectivity index (χ3v) is 7.15. The number of hydrogen-bond donors (Lipinski definition) is 1. The number of rotatable bonds is 5. The van der Waals surface area contributed by atoms with Crippen molar-refractivity contribution in [2.24, 2.45) is 0 Å². The monoisotopic (exact) mass is 483 g/mol. The van der Waals surface area contributed by atoms with Gasteiger partial charge < -0.3 is 14.5 Å². The van der Waals surface area contributed by atoms with Gasteiger partial charge in [0.25, 0.3) is 15.9 Å². The average molecular weight is 484 g/mol. The van der Waals surface area contributed by atoms with Crippen LogP contribution in [0.2, 0.25) is 0 Å². The first-order chi connectivity index (χ1) is 16.4. The Morgan fingerprint density at radius 1 is 1.03 bits per heavy atom. The van der Waals surface area contributed by atoms with Crippen molar-refractivity contribution in [3.8, 4) is 0 Å². The van der Waals surface area contributed by atoms with Gasteiger partial charge in [-0.1, -0.05) is 12.1 Å². The Bertz CT molecular complexity index is 1330. The van der Waals surface area contributed by atoms with Gasteiger partial charge in [0.15, 0.2) is 0 Å². The maximum atomic E-state index is 13.9. The van der Waals surface area contributed by atoms with Crippen LogP contribution in [0.1, 0.15) is 21.6 Å². The van der Waals surface area contributed by atoms with Crippen molar-refractivity contribution in [1.29, 1.82) is 0 Å². The van der Waals surface area contributed by atoms with Crippen LogP contribution in [0.3, 0.4) is 0 Å². The Morgan fingerprint density at radius 2 is 1.76 bits per heavy atom. The Hall–Kier alpha value is -3.57. The summed E-state index contributed by atoms with van der Waals surface area (Å²) in [6.45, 7) is 3.51. The zero-order valence-electron chi connectivity index (χ0n) is 18.1. The maximum Gasteiger partial charge on any atom is 0.264 e. The largest absolute Gasteiger partial charge is 0.378 e. The molecule has 9 nitrogen and oxygen atoms in total. The number of ether oxygens (including phenoxy) is 1. The molecule has 0 radical (unpaired) electrons. The lowest BCUT2D eigenvalue weighted by Gasteiger charge is -2.26. The Morgan fingerprint density at radius 3 is 2.50 bits per heavy atom. The number of nitrogens with zero attached hydrogens (tertiary/aromatic N) is 4. The van der Waals surface area contributed by atoms with Gasteiger partial charge in [0.2, 0.25) is 5.95 Å². The van der Waals surface area contributed by atoms with Crippen LogP contribution in [0.15, 0.2) is 59.6 Å². The molecule has 0 unspecified atom stereocenters. The second kappa shape index (κ2) is 8.99. The molecule has 0 saturated carbocycles. The minimum absolute atomic E-state index is 0.200. The number of halogens is 1. The van der Waals surface area contributed by atoms with Crippen LogP contribution in [0.25, 0.3) is 0 Å². The van der Waals surface area contributed by atoms with E-state index in [-0.39, 0.29) is 11.6 Å². The van der Waals surface area contributed by atoms with E-state index in [1.165, 1.54) is 42.5 Å². The Balaban J connectivity index is 1.26. The summed E-state index contributed by atoms with van der Waals surface area (Å²) in [6.07, 6.45) is 1.76. The number of benzene rings is 2. The van der Waals surface area contributed by atoms with E-state index in [4.69, 9.17) is 4.74 Å². The van der Waals surface area contributed by atoms with Crippen molar-refractivity contribution in [2.75, 3.05) is 35.9 Å². The lowest BCUT2D eigenvalue weighted by molar-refractivity contribution is 0.0750. The van der Waals surface area contributed by atoms with Gasteiger partial charge in [0.05, 0.1) is 25.5 Å². The maximum absolute atomic E-state index is 13.9. The normalized spacial score (nSPS) is 15.8. The van der Waals surface area contributed by atoms with E-state index in [0.29, 0.717) is 37.8 Å². The number of nitrogens with one attached hydrogen (secondary N) is 1. The van der Waals surface area contributed by atoms with Crippen LogP contribution >= 0.6 is 0 Å². The molecule has 1 amide bonds. The molecule has 0 spiro atoms. The van der Waals surface area contributed by atoms with Crippen LogP contribution < -0.4 is 9.62 Å². The van der Waals surface area contributed by atoms with Crippen molar-refractivity contribution >= 4 is 27.6 Å². The molecule has 1 N–H and O–H groups in total. The van der Waals surface area contributed by atoms with E-state index in [1.54, 1.807) is 11.1 Å². The molecule has 2 aliphatic heterocycles. The van der Waals surface area contributed by atoms with Crippen LogP contribution in [0, 0.1) is 5.82 Å². The molecule has 1 fully saturated rings. The summed E-state index contributed by atoms with van der Waals surface area (Å²) in [7, 11) is -4.09. The molecule has 2 aromatic carbocycles. The molecule has 0 aliphatic carbocycles. The first kappa shape index (κ1) is 22.2. The summed E-state index contributed by atoms with van der Waals surface area (Å²) in [4.78, 5) is 25.4. The fourth-order valence-electron chi connectivity index (χ4n) is 3.94. The molecule has 3 heterocycles. The molecule has 1 saturated heterocycles. The minimum Gasteiger partial charge on any atom is -0.378 e. The van der Waals surface area contributed by atoms with E-state index in [1.807, 2.05) is 0 Å². The van der Waals surface area contributed by atoms with Crippen molar-refractivity contribution in [1.82, 2.24) is 14.9 Å². The summed E-state index contributed by atoms with van der Waals surface area (Å²) < 4.78 is 46.5. The summed E-state index contributed by atoms with van der Waals surface area (Å²) >= 11 is 0. The summed E-state index contributed by atoms with van der Waals surface area (Å²) in [5.74, 6) is -0.396. The predicted molar refractivity (Wildman–Crippen MR) is 122 cm³/mol. The lowest BCUT2D eigenvalue weighted by Crippen LogP contribution is -2.37. The van der Waals surface area contributed by atoms with Gasteiger partial charge in [-0.2, -0.15) is 0 Å². The number of morpholine rings is 1. The van der Waals surface area contributed by atoms with Crippen molar-refractivity contribution < 1.29 is 22.3 Å². The number of sulfonamides is 1. The second-order valence-corrected chi connectivity index (χ2v) is 9.67. The first-order valence-electron chi connectivity index (χ1n) is 10.7. The highest BCUT2D eigenvalue weighted by Gasteiger charge is 2.27. The zero-order valence-corrected chi connectivity index (χ0v) is 19.0. The average Bonchev–Trinajstić information content (AvgIpc) is 3.28. The highest BCUT2D eigenvalue weighted by molar-refractivity contribution is 7.92. The van der Waals surface area contributed by atoms with E-state index in [9.17, 15) is 17.6 Å². The van der Waals surface area contributed by atoms with Gasteiger partial charge in [0, 0.05) is 42.6 Å². The fraction of sp³-hybridized carbons (Fsp3) is 0.261. The van der Waals surface area contributed by atoms with Crippen LogP contribution in [-0.4, -0.2) is 55.5 Å². The standard InChI is InChI=1S/C23H22FN5O4S/c24-19-3-1-2-4-21(19)34(31,32)27-18-7-5-16(6-8-18)22(30)29-14-17-13-25-23(26-20(17)15-29)28-9-11-33-12-10-28/h1-8,13,27H,9-12,14-15H2. The summed E-state index contributed by atoms with van der Waals surface area (Å²) in [5.41, 5.74) is 2.35. The molecule has 5 rings (SSSR count). The van der Waals surface area contributed by atoms with Gasteiger partial charge in [-0.15, -0.1) is 0 Å². The highest BCUT2D eigenvalue weighted by Crippen LogP contribution is 2.25. The van der Waals surface area contributed by atoms with E-state index >= 15 is 0 Å². The highest BCUT2D eigenvalue weighted by atomic mass is 32.2. The quantitative estimate of drug-likeness (QED) is 0.594. The SMILES string of the molecule is O=C(c1ccc(NS(=O)(=O)c2ccccc2F)cc1)N1Cc2cnc(N3CCOCC3)nc2C1. The van der Waals surface area contributed by atoms with Crippen LogP contribution in [0.5, 0.6) is 0 Å².